The zero-order chi connectivity index (χ0) is 12.4. The first kappa shape index (κ1) is 12.5. The molecule has 1 heterocycles. The van der Waals surface area contributed by atoms with E-state index < -0.39 is 0 Å². The van der Waals surface area contributed by atoms with Crippen LogP contribution in [0, 0.1) is 11.7 Å². The molecule has 0 aliphatic carbocycles. The van der Waals surface area contributed by atoms with Gasteiger partial charge in [-0.05, 0) is 31.9 Å². The Bertz CT molecular complexity index is 380. The molecule has 1 aromatic carbocycles. The number of nitrogens with zero attached hydrogens (tertiary/aromatic N) is 1. The summed E-state index contributed by atoms with van der Waals surface area (Å²) in [5, 5.41) is 0. The standard InChI is InChI=1S/C14H21FN2/c1-10-7-8-17(9-14(10)16)11(2)12-5-3-4-6-13(12)15/h3-6,10-11,14H,7-9,16H2,1-2H3. The Labute approximate surface area is 103 Å². The predicted octanol–water partition coefficient (Wildman–Crippen LogP) is 2.56. The van der Waals surface area contributed by atoms with E-state index in [1.807, 2.05) is 12.1 Å². The number of rotatable bonds is 2. The lowest BCUT2D eigenvalue weighted by atomic mass is 9.92. The van der Waals surface area contributed by atoms with Gasteiger partial charge in [-0.3, -0.25) is 4.90 Å². The van der Waals surface area contributed by atoms with Crippen LogP contribution >= 0.6 is 0 Å². The quantitative estimate of drug-likeness (QED) is 0.855. The van der Waals surface area contributed by atoms with Gasteiger partial charge in [0.2, 0.25) is 0 Å². The molecule has 2 rings (SSSR count). The van der Waals surface area contributed by atoms with Gasteiger partial charge in [-0.1, -0.05) is 25.1 Å². The van der Waals surface area contributed by atoms with E-state index >= 15 is 0 Å². The molecule has 1 aliphatic rings. The Morgan fingerprint density at radius 3 is 2.76 bits per heavy atom. The fourth-order valence-electron chi connectivity index (χ4n) is 2.49. The van der Waals surface area contributed by atoms with Crippen molar-refractivity contribution in [1.82, 2.24) is 4.90 Å². The predicted molar refractivity (Wildman–Crippen MR) is 68.1 cm³/mol. The van der Waals surface area contributed by atoms with Crippen molar-refractivity contribution in [2.45, 2.75) is 32.4 Å². The molecular weight excluding hydrogens is 215 g/mol. The van der Waals surface area contributed by atoms with Crippen LogP contribution in [-0.4, -0.2) is 24.0 Å². The Morgan fingerprint density at radius 1 is 1.41 bits per heavy atom. The molecule has 0 bridgehead atoms. The van der Waals surface area contributed by atoms with Gasteiger partial charge >= 0.3 is 0 Å². The molecule has 0 saturated carbocycles. The van der Waals surface area contributed by atoms with Gasteiger partial charge in [-0.2, -0.15) is 0 Å². The van der Waals surface area contributed by atoms with E-state index in [1.54, 1.807) is 6.07 Å². The summed E-state index contributed by atoms with van der Waals surface area (Å²) in [5.41, 5.74) is 6.86. The molecule has 17 heavy (non-hydrogen) atoms. The van der Waals surface area contributed by atoms with Gasteiger partial charge in [0.1, 0.15) is 5.82 Å². The zero-order valence-corrected chi connectivity index (χ0v) is 10.6. The summed E-state index contributed by atoms with van der Waals surface area (Å²) in [7, 11) is 0. The van der Waals surface area contributed by atoms with E-state index in [1.165, 1.54) is 6.07 Å². The maximum absolute atomic E-state index is 13.7. The maximum Gasteiger partial charge on any atom is 0.127 e. The van der Waals surface area contributed by atoms with Gasteiger partial charge in [0, 0.05) is 24.2 Å². The third kappa shape index (κ3) is 2.67. The Balaban J connectivity index is 2.10. The molecule has 3 atom stereocenters. The van der Waals surface area contributed by atoms with Crippen LogP contribution < -0.4 is 5.73 Å². The lowest BCUT2D eigenvalue weighted by molar-refractivity contribution is 0.126. The second-order valence-electron chi connectivity index (χ2n) is 5.12. The first-order chi connectivity index (χ1) is 8.09. The number of piperidine rings is 1. The van der Waals surface area contributed by atoms with E-state index in [4.69, 9.17) is 5.73 Å². The van der Waals surface area contributed by atoms with E-state index in [0.29, 0.717) is 5.92 Å². The third-order valence-electron chi connectivity index (χ3n) is 3.95. The zero-order valence-electron chi connectivity index (χ0n) is 10.6. The number of likely N-dealkylation sites (tertiary alicyclic amines) is 1. The van der Waals surface area contributed by atoms with Crippen LogP contribution in [0.15, 0.2) is 24.3 Å². The normalized spacial score (nSPS) is 28.0. The van der Waals surface area contributed by atoms with Crippen LogP contribution in [0.4, 0.5) is 4.39 Å². The minimum Gasteiger partial charge on any atom is -0.326 e. The number of nitrogens with two attached hydrogens (primary N) is 1. The van der Waals surface area contributed by atoms with Crippen LogP contribution in [0.2, 0.25) is 0 Å². The van der Waals surface area contributed by atoms with Crippen molar-refractivity contribution in [3.05, 3.63) is 35.6 Å². The van der Waals surface area contributed by atoms with Crippen molar-refractivity contribution in [2.75, 3.05) is 13.1 Å². The first-order valence-electron chi connectivity index (χ1n) is 6.33. The number of halogens is 1. The fraction of sp³-hybridized carbons (Fsp3) is 0.571. The van der Waals surface area contributed by atoms with Gasteiger partial charge < -0.3 is 5.73 Å². The summed E-state index contributed by atoms with van der Waals surface area (Å²) in [6.45, 7) is 6.11. The monoisotopic (exact) mass is 236 g/mol. The topological polar surface area (TPSA) is 29.3 Å². The highest BCUT2D eigenvalue weighted by atomic mass is 19.1. The Hall–Kier alpha value is -0.930. The van der Waals surface area contributed by atoms with E-state index in [9.17, 15) is 4.39 Å². The summed E-state index contributed by atoms with van der Waals surface area (Å²) in [6.07, 6.45) is 1.10. The summed E-state index contributed by atoms with van der Waals surface area (Å²) in [4.78, 5) is 2.28. The molecule has 0 aromatic heterocycles. The van der Waals surface area contributed by atoms with Gasteiger partial charge in [0.05, 0.1) is 0 Å². The minimum atomic E-state index is -0.118. The second kappa shape index (κ2) is 5.15. The largest absolute Gasteiger partial charge is 0.326 e. The van der Waals surface area contributed by atoms with Crippen LogP contribution in [0.3, 0.4) is 0 Å². The van der Waals surface area contributed by atoms with Crippen molar-refractivity contribution in [3.8, 4) is 0 Å². The van der Waals surface area contributed by atoms with E-state index in [2.05, 4.69) is 18.7 Å². The highest BCUT2D eigenvalue weighted by Crippen LogP contribution is 2.27. The SMILES string of the molecule is CC1CCN(C(C)c2ccccc2F)CC1N. The molecule has 0 amide bonds. The smallest absolute Gasteiger partial charge is 0.127 e. The van der Waals surface area contributed by atoms with Crippen molar-refractivity contribution in [1.29, 1.82) is 0 Å². The summed E-state index contributed by atoms with van der Waals surface area (Å²) >= 11 is 0. The Morgan fingerprint density at radius 2 is 2.12 bits per heavy atom. The molecule has 94 valence electrons. The molecule has 1 aromatic rings. The lowest BCUT2D eigenvalue weighted by Crippen LogP contribution is -2.48. The van der Waals surface area contributed by atoms with Crippen molar-refractivity contribution >= 4 is 0 Å². The molecule has 2 N–H and O–H groups in total. The van der Waals surface area contributed by atoms with E-state index in [-0.39, 0.29) is 17.9 Å². The van der Waals surface area contributed by atoms with Crippen molar-refractivity contribution in [2.24, 2.45) is 11.7 Å². The molecule has 1 fully saturated rings. The highest BCUT2D eigenvalue weighted by molar-refractivity contribution is 5.20. The lowest BCUT2D eigenvalue weighted by Gasteiger charge is -2.38. The van der Waals surface area contributed by atoms with Crippen LogP contribution in [-0.2, 0) is 0 Å². The van der Waals surface area contributed by atoms with Gasteiger partial charge in [-0.25, -0.2) is 4.39 Å². The Kier molecular flexibility index (Phi) is 3.79. The molecule has 0 radical (unpaired) electrons. The van der Waals surface area contributed by atoms with E-state index in [0.717, 1.165) is 25.1 Å². The molecule has 2 nitrogen and oxygen atoms in total. The van der Waals surface area contributed by atoms with Crippen LogP contribution in [0.1, 0.15) is 31.9 Å². The number of hydrogen-bond donors (Lipinski definition) is 1. The van der Waals surface area contributed by atoms with Gasteiger partial charge in [0.25, 0.3) is 0 Å². The summed E-state index contributed by atoms with van der Waals surface area (Å²) in [5.74, 6) is 0.450. The first-order valence-corrected chi connectivity index (χ1v) is 6.33. The molecule has 3 heteroatoms. The molecule has 3 unspecified atom stereocenters. The summed E-state index contributed by atoms with van der Waals surface area (Å²) < 4.78 is 13.7. The van der Waals surface area contributed by atoms with Crippen molar-refractivity contribution < 1.29 is 4.39 Å². The molecule has 1 aliphatic heterocycles. The average Bonchev–Trinajstić information content (AvgIpc) is 2.32. The average molecular weight is 236 g/mol. The number of hydrogen-bond acceptors (Lipinski definition) is 2. The highest BCUT2D eigenvalue weighted by Gasteiger charge is 2.27. The molecule has 0 spiro atoms. The fourth-order valence-corrected chi connectivity index (χ4v) is 2.49. The van der Waals surface area contributed by atoms with Crippen LogP contribution in [0.25, 0.3) is 0 Å². The second-order valence-corrected chi connectivity index (χ2v) is 5.12. The summed E-state index contributed by atoms with van der Waals surface area (Å²) in [6, 6.07) is 7.33. The molecular formula is C14H21FN2. The molecule has 1 saturated heterocycles. The third-order valence-corrected chi connectivity index (χ3v) is 3.95. The van der Waals surface area contributed by atoms with Crippen LogP contribution in [0.5, 0.6) is 0 Å². The van der Waals surface area contributed by atoms with Gasteiger partial charge in [-0.15, -0.1) is 0 Å². The number of benzene rings is 1. The van der Waals surface area contributed by atoms with Crippen molar-refractivity contribution in [3.63, 3.8) is 0 Å². The van der Waals surface area contributed by atoms with Gasteiger partial charge in [0.15, 0.2) is 0 Å². The minimum absolute atomic E-state index is 0.106. The maximum atomic E-state index is 13.7.